The predicted octanol–water partition coefficient (Wildman–Crippen LogP) is 3.59. The van der Waals surface area contributed by atoms with Crippen LogP contribution in [0.3, 0.4) is 0 Å². The number of hydrazine groups is 1. The maximum absolute atomic E-state index is 12.2. The van der Waals surface area contributed by atoms with Gasteiger partial charge in [-0.05, 0) is 55.3 Å². The summed E-state index contributed by atoms with van der Waals surface area (Å²) in [7, 11) is 0. The first-order chi connectivity index (χ1) is 13.9. The molecule has 150 valence electrons. The molecule has 3 rings (SSSR count). The van der Waals surface area contributed by atoms with Crippen molar-refractivity contribution in [3.8, 4) is 0 Å². The van der Waals surface area contributed by atoms with Crippen molar-refractivity contribution in [2.45, 2.75) is 19.8 Å². The van der Waals surface area contributed by atoms with Gasteiger partial charge in [-0.3, -0.25) is 25.4 Å². The van der Waals surface area contributed by atoms with Gasteiger partial charge in [-0.2, -0.15) is 0 Å². The Kier molecular flexibility index (Phi) is 6.51. The highest BCUT2D eigenvalue weighted by Crippen LogP contribution is 2.21. The number of carbonyl (C=O) groups is 2. The molecule has 1 heterocycles. The highest BCUT2D eigenvalue weighted by atomic mass is 35.5. The molecule has 1 aliphatic rings. The third-order valence-electron chi connectivity index (χ3n) is 4.27. The lowest BCUT2D eigenvalue weighted by Gasteiger charge is -2.10. The minimum absolute atomic E-state index is 0.0608. The van der Waals surface area contributed by atoms with Gasteiger partial charge in [0.2, 0.25) is 5.91 Å². The van der Waals surface area contributed by atoms with Gasteiger partial charge in [-0.25, -0.2) is 0 Å². The largest absolute Gasteiger partial charge is 0.510 e. The molecule has 0 saturated carbocycles. The van der Waals surface area contributed by atoms with Crippen LogP contribution in [0, 0.1) is 6.92 Å². The fourth-order valence-electron chi connectivity index (χ4n) is 2.83. The Morgan fingerprint density at radius 2 is 1.97 bits per heavy atom. The molecule has 0 atom stereocenters. The Bertz CT molecular complexity index is 984. The summed E-state index contributed by atoms with van der Waals surface area (Å²) in [6.07, 6.45) is 0.268. The Balaban J connectivity index is 1.70. The molecule has 0 radical (unpaired) electrons. The second kappa shape index (κ2) is 9.25. The second-order valence-electron chi connectivity index (χ2n) is 6.58. The summed E-state index contributed by atoms with van der Waals surface area (Å²) in [6.45, 7) is 2.00. The third kappa shape index (κ3) is 5.58. The van der Waals surface area contributed by atoms with Crippen LogP contribution in [0.4, 0.5) is 11.4 Å². The summed E-state index contributed by atoms with van der Waals surface area (Å²) in [4.78, 5) is 28.9. The normalized spacial score (nSPS) is 14.0. The summed E-state index contributed by atoms with van der Waals surface area (Å²) in [6, 6.07) is 14.3. The van der Waals surface area contributed by atoms with E-state index in [4.69, 9.17) is 11.6 Å². The monoisotopic (exact) mass is 412 g/mol. The number of hydrogen-bond donors (Lipinski definition) is 4. The summed E-state index contributed by atoms with van der Waals surface area (Å²) >= 11 is 5.84. The molecule has 29 heavy (non-hydrogen) atoms. The van der Waals surface area contributed by atoms with E-state index in [0.29, 0.717) is 22.1 Å². The first-order valence-electron chi connectivity index (χ1n) is 9.07. The second-order valence-corrected chi connectivity index (χ2v) is 7.02. The smallest absolute Gasteiger partial charge is 0.257 e. The van der Waals surface area contributed by atoms with Crippen LogP contribution in [0.5, 0.6) is 0 Å². The predicted molar refractivity (Wildman–Crippen MR) is 113 cm³/mol. The van der Waals surface area contributed by atoms with Crippen LogP contribution in [0.25, 0.3) is 0 Å². The number of rotatable bonds is 7. The number of aliphatic hydroxyl groups is 1. The lowest BCUT2D eigenvalue weighted by molar-refractivity contribution is -0.120. The first-order valence-corrected chi connectivity index (χ1v) is 9.45. The Hall–Kier alpha value is -3.32. The number of aliphatic imine (C=N–C) groups is 1. The fraction of sp³-hybridized carbons (Fsp3) is 0.190. The van der Waals surface area contributed by atoms with Gasteiger partial charge in [0.05, 0.1) is 23.6 Å². The molecule has 2 aromatic carbocycles. The van der Waals surface area contributed by atoms with Gasteiger partial charge in [0, 0.05) is 11.4 Å². The number of aryl methyl sites for hydroxylation is 1. The van der Waals surface area contributed by atoms with E-state index in [1.165, 1.54) is 0 Å². The topological polar surface area (TPSA) is 103 Å². The van der Waals surface area contributed by atoms with Crippen molar-refractivity contribution in [1.29, 1.82) is 0 Å². The molecule has 8 heteroatoms. The number of benzene rings is 2. The lowest BCUT2D eigenvalue weighted by Crippen LogP contribution is -2.30. The Morgan fingerprint density at radius 1 is 1.21 bits per heavy atom. The number of nitrogens with zero attached hydrogens (tertiary/aromatic N) is 1. The van der Waals surface area contributed by atoms with Crippen LogP contribution < -0.4 is 16.2 Å². The molecular formula is C21H21ClN4O3. The maximum Gasteiger partial charge on any atom is 0.257 e. The van der Waals surface area contributed by atoms with Crippen LogP contribution in [-0.2, 0) is 9.59 Å². The van der Waals surface area contributed by atoms with Crippen LogP contribution >= 0.6 is 11.6 Å². The molecule has 0 aromatic heterocycles. The molecule has 0 aliphatic carbocycles. The molecule has 0 saturated heterocycles. The minimum Gasteiger partial charge on any atom is -0.510 e. The quantitative estimate of drug-likeness (QED) is 0.412. The van der Waals surface area contributed by atoms with Gasteiger partial charge in [-0.1, -0.05) is 23.7 Å². The van der Waals surface area contributed by atoms with E-state index in [1.807, 2.05) is 25.1 Å². The summed E-state index contributed by atoms with van der Waals surface area (Å²) < 4.78 is 0. The van der Waals surface area contributed by atoms with E-state index in [9.17, 15) is 14.7 Å². The first kappa shape index (κ1) is 20.4. The van der Waals surface area contributed by atoms with Crippen molar-refractivity contribution in [2.24, 2.45) is 4.99 Å². The van der Waals surface area contributed by atoms with Crippen LogP contribution in [0.2, 0.25) is 5.02 Å². The molecule has 0 bridgehead atoms. The van der Waals surface area contributed by atoms with Crippen molar-refractivity contribution < 1.29 is 14.7 Å². The molecule has 2 amide bonds. The Morgan fingerprint density at radius 3 is 2.62 bits per heavy atom. The van der Waals surface area contributed by atoms with E-state index in [-0.39, 0.29) is 36.6 Å². The highest BCUT2D eigenvalue weighted by molar-refractivity contribution is 6.30. The van der Waals surface area contributed by atoms with Crippen LogP contribution in [-0.4, -0.2) is 29.2 Å². The van der Waals surface area contributed by atoms with E-state index >= 15 is 0 Å². The maximum atomic E-state index is 12.2. The number of amides is 2. The summed E-state index contributed by atoms with van der Waals surface area (Å²) in [5, 5.41) is 13.3. The van der Waals surface area contributed by atoms with Crippen molar-refractivity contribution in [2.75, 3.05) is 12.0 Å². The number of anilines is 1. The van der Waals surface area contributed by atoms with E-state index in [1.54, 1.807) is 30.3 Å². The van der Waals surface area contributed by atoms with Crippen molar-refractivity contribution in [3.05, 3.63) is 70.4 Å². The number of halogens is 1. The van der Waals surface area contributed by atoms with Gasteiger partial charge in [0.1, 0.15) is 11.3 Å². The standard InChI is InChI=1S/C21H21ClN4O3/c1-13-3-2-4-16(11-13)24-17(20-18(27)12-23-21(20)29)9-10-19(28)26-25-15-7-5-14(22)6-8-15/h2-8,11,25,27H,9-10,12H2,1H3,(H,23,29)(H,26,28). The molecular weight excluding hydrogens is 392 g/mol. The van der Waals surface area contributed by atoms with Crippen molar-refractivity contribution in [3.63, 3.8) is 0 Å². The molecule has 0 fully saturated rings. The minimum atomic E-state index is -0.395. The number of carbonyl (C=O) groups excluding carboxylic acids is 2. The summed E-state index contributed by atoms with van der Waals surface area (Å²) in [5.74, 6) is -0.745. The van der Waals surface area contributed by atoms with E-state index < -0.39 is 5.91 Å². The van der Waals surface area contributed by atoms with Crippen molar-refractivity contribution in [1.82, 2.24) is 10.7 Å². The molecule has 4 N–H and O–H groups in total. The zero-order chi connectivity index (χ0) is 20.8. The fourth-order valence-corrected chi connectivity index (χ4v) is 2.96. The van der Waals surface area contributed by atoms with Gasteiger partial charge < -0.3 is 10.4 Å². The van der Waals surface area contributed by atoms with Crippen molar-refractivity contribution >= 4 is 40.5 Å². The van der Waals surface area contributed by atoms with Gasteiger partial charge >= 0.3 is 0 Å². The van der Waals surface area contributed by atoms with Crippen LogP contribution in [0.1, 0.15) is 18.4 Å². The number of nitrogens with one attached hydrogen (secondary N) is 3. The summed E-state index contributed by atoms with van der Waals surface area (Å²) in [5.41, 5.74) is 8.25. The lowest BCUT2D eigenvalue weighted by atomic mass is 10.0. The molecule has 7 nitrogen and oxygen atoms in total. The SMILES string of the molecule is Cc1cccc(N=C(CCC(=O)NNc2ccc(Cl)cc2)C2=C(O)CNC2=O)c1. The molecule has 0 spiro atoms. The van der Waals surface area contributed by atoms with Gasteiger partial charge in [0.15, 0.2) is 0 Å². The zero-order valence-electron chi connectivity index (χ0n) is 15.8. The molecule has 2 aromatic rings. The van der Waals surface area contributed by atoms with Gasteiger partial charge in [0.25, 0.3) is 5.91 Å². The average molecular weight is 413 g/mol. The highest BCUT2D eigenvalue weighted by Gasteiger charge is 2.27. The van der Waals surface area contributed by atoms with E-state index in [0.717, 1.165) is 5.56 Å². The van der Waals surface area contributed by atoms with E-state index in [2.05, 4.69) is 21.2 Å². The zero-order valence-corrected chi connectivity index (χ0v) is 16.6. The number of hydrogen-bond acceptors (Lipinski definition) is 5. The Labute approximate surface area is 173 Å². The van der Waals surface area contributed by atoms with Crippen LogP contribution in [0.15, 0.2) is 64.9 Å². The molecule has 0 unspecified atom stereocenters. The average Bonchev–Trinajstić information content (AvgIpc) is 3.03. The number of aliphatic hydroxyl groups excluding tert-OH is 1. The molecule has 1 aliphatic heterocycles. The van der Waals surface area contributed by atoms with Gasteiger partial charge in [-0.15, -0.1) is 0 Å². The third-order valence-corrected chi connectivity index (χ3v) is 4.52.